The summed E-state index contributed by atoms with van der Waals surface area (Å²) in [4.78, 5) is 13.3. The van der Waals surface area contributed by atoms with Crippen molar-refractivity contribution in [2.45, 2.75) is 12.6 Å². The van der Waals surface area contributed by atoms with Gasteiger partial charge in [0, 0.05) is 0 Å². The number of hydrogen-bond donors (Lipinski definition) is 0. The summed E-state index contributed by atoms with van der Waals surface area (Å²) in [5.74, 6) is -0.115. The quantitative estimate of drug-likeness (QED) is 0.367. The molecule has 1 aliphatic rings. The predicted molar refractivity (Wildman–Crippen MR) is 38.6 cm³/mol. The van der Waals surface area contributed by atoms with Gasteiger partial charge in [-0.25, -0.2) is 0 Å². The summed E-state index contributed by atoms with van der Waals surface area (Å²) in [6, 6.07) is 0. The van der Waals surface area contributed by atoms with Crippen LogP contribution in [0.25, 0.3) is 0 Å². The van der Waals surface area contributed by atoms with E-state index in [0.29, 0.717) is 6.54 Å². The number of hydrogen-bond acceptors (Lipinski definition) is 4. The van der Waals surface area contributed by atoms with Crippen molar-refractivity contribution in [1.29, 1.82) is 0 Å². The molecule has 0 aromatic carbocycles. The van der Waals surface area contributed by atoms with Crippen LogP contribution in [0.2, 0.25) is 0 Å². The average molecular weight is 169 g/mol. The zero-order valence-electron chi connectivity index (χ0n) is 6.21. The summed E-state index contributed by atoms with van der Waals surface area (Å²) in [7, 11) is 0. The van der Waals surface area contributed by atoms with Gasteiger partial charge in [-0.15, -0.1) is 0 Å². The number of ether oxygens (including phenoxy) is 1. The van der Waals surface area contributed by atoms with Gasteiger partial charge in [-0.3, -0.25) is 0 Å². The molecule has 1 aromatic rings. The molecule has 1 atom stereocenters. The highest BCUT2D eigenvalue weighted by Gasteiger charge is 2.24. The molecule has 0 amide bonds. The Labute approximate surface area is 67.9 Å². The first-order valence-electron chi connectivity index (χ1n) is 3.53. The van der Waals surface area contributed by atoms with Gasteiger partial charge in [0.05, 0.1) is 19.3 Å². The summed E-state index contributed by atoms with van der Waals surface area (Å²) in [5.41, 5.74) is 0. The molecule has 1 fully saturated rings. The highest BCUT2D eigenvalue weighted by molar-refractivity contribution is 5.12. The summed E-state index contributed by atoms with van der Waals surface area (Å²) in [5, 5.41) is 10.2. The number of imidazole rings is 1. The molecule has 1 aliphatic heterocycles. The second-order valence-corrected chi connectivity index (χ2v) is 2.64. The number of nitro groups is 1. The van der Waals surface area contributed by atoms with Gasteiger partial charge in [0.15, 0.2) is 0 Å². The standard InChI is InChI=1S/C6H7N3O3/c10-9(11)6-2-8(4-7-6)1-5-3-12-5/h2,4-5H,1,3H2. The normalized spacial score (nSPS) is 20.8. The van der Waals surface area contributed by atoms with Crippen LogP contribution in [0.1, 0.15) is 0 Å². The van der Waals surface area contributed by atoms with Crippen molar-refractivity contribution in [3.63, 3.8) is 0 Å². The molecule has 0 aliphatic carbocycles. The minimum atomic E-state index is -0.510. The van der Waals surface area contributed by atoms with E-state index < -0.39 is 4.92 Å². The van der Waals surface area contributed by atoms with Gasteiger partial charge in [-0.1, -0.05) is 0 Å². The van der Waals surface area contributed by atoms with Crippen LogP contribution in [0.4, 0.5) is 5.82 Å². The van der Waals surface area contributed by atoms with Gasteiger partial charge in [-0.05, 0) is 9.91 Å². The lowest BCUT2D eigenvalue weighted by Crippen LogP contribution is -2.00. The second-order valence-electron chi connectivity index (χ2n) is 2.64. The Balaban J connectivity index is 2.06. The smallest absolute Gasteiger partial charge is 0.371 e. The van der Waals surface area contributed by atoms with Crippen molar-refractivity contribution in [1.82, 2.24) is 9.55 Å². The van der Waals surface area contributed by atoms with E-state index in [1.165, 1.54) is 12.5 Å². The Morgan fingerprint density at radius 2 is 2.67 bits per heavy atom. The maximum atomic E-state index is 10.2. The number of nitrogens with zero attached hydrogens (tertiary/aromatic N) is 3. The Bertz CT molecular complexity index is 305. The molecule has 64 valence electrons. The minimum Gasteiger partial charge on any atom is -0.371 e. The van der Waals surface area contributed by atoms with E-state index >= 15 is 0 Å². The van der Waals surface area contributed by atoms with Gasteiger partial charge in [0.2, 0.25) is 6.33 Å². The lowest BCUT2D eigenvalue weighted by Gasteiger charge is -1.91. The topological polar surface area (TPSA) is 73.5 Å². The SMILES string of the molecule is O=[N+]([O-])c1cn(CC2CO2)cn1. The Kier molecular flexibility index (Phi) is 1.54. The van der Waals surface area contributed by atoms with Crippen molar-refractivity contribution < 1.29 is 9.66 Å². The van der Waals surface area contributed by atoms with Gasteiger partial charge >= 0.3 is 5.82 Å². The molecule has 0 bridgehead atoms. The molecule has 0 radical (unpaired) electrons. The molecule has 0 N–H and O–H groups in total. The molecule has 0 spiro atoms. The van der Waals surface area contributed by atoms with Crippen LogP contribution in [0.3, 0.4) is 0 Å². The molecule has 6 heteroatoms. The fourth-order valence-corrected chi connectivity index (χ4v) is 0.951. The molecule has 6 nitrogen and oxygen atoms in total. The van der Waals surface area contributed by atoms with E-state index in [-0.39, 0.29) is 11.9 Å². The van der Waals surface area contributed by atoms with E-state index in [9.17, 15) is 10.1 Å². The van der Waals surface area contributed by atoms with Crippen LogP contribution < -0.4 is 0 Å². The van der Waals surface area contributed by atoms with Gasteiger partial charge < -0.3 is 19.4 Å². The molecule has 1 aromatic heterocycles. The van der Waals surface area contributed by atoms with Crippen LogP contribution in [-0.4, -0.2) is 27.2 Å². The van der Waals surface area contributed by atoms with Crippen molar-refractivity contribution in [2.24, 2.45) is 0 Å². The molecular weight excluding hydrogens is 162 g/mol. The molecule has 1 unspecified atom stereocenters. The van der Waals surface area contributed by atoms with Crippen LogP contribution in [0.5, 0.6) is 0 Å². The second kappa shape index (κ2) is 2.56. The first-order chi connectivity index (χ1) is 5.75. The fourth-order valence-electron chi connectivity index (χ4n) is 0.951. The molecule has 1 saturated heterocycles. The summed E-state index contributed by atoms with van der Waals surface area (Å²) in [6.07, 6.45) is 3.07. The van der Waals surface area contributed by atoms with E-state index in [1.807, 2.05) is 0 Å². The van der Waals surface area contributed by atoms with E-state index in [4.69, 9.17) is 4.74 Å². The Hall–Kier alpha value is -1.43. The molecule has 12 heavy (non-hydrogen) atoms. The van der Waals surface area contributed by atoms with Crippen LogP contribution >= 0.6 is 0 Å². The Morgan fingerprint density at radius 3 is 3.17 bits per heavy atom. The minimum absolute atomic E-state index is 0.115. The van der Waals surface area contributed by atoms with Crippen LogP contribution in [0.15, 0.2) is 12.5 Å². The third kappa shape index (κ3) is 1.42. The van der Waals surface area contributed by atoms with Crippen LogP contribution in [0, 0.1) is 10.1 Å². The zero-order chi connectivity index (χ0) is 8.55. The van der Waals surface area contributed by atoms with Crippen molar-refractivity contribution in [2.75, 3.05) is 6.61 Å². The fraction of sp³-hybridized carbons (Fsp3) is 0.500. The largest absolute Gasteiger partial charge is 0.381 e. The third-order valence-electron chi connectivity index (χ3n) is 1.62. The van der Waals surface area contributed by atoms with E-state index in [2.05, 4.69) is 4.98 Å². The zero-order valence-corrected chi connectivity index (χ0v) is 6.21. The molecular formula is C6H7N3O3. The monoisotopic (exact) mass is 169 g/mol. The molecule has 2 rings (SSSR count). The van der Waals surface area contributed by atoms with Gasteiger partial charge in [0.1, 0.15) is 6.20 Å². The first-order valence-corrected chi connectivity index (χ1v) is 3.53. The number of epoxide rings is 1. The summed E-state index contributed by atoms with van der Waals surface area (Å²) >= 11 is 0. The summed E-state index contributed by atoms with van der Waals surface area (Å²) < 4.78 is 6.63. The maximum Gasteiger partial charge on any atom is 0.381 e. The molecule has 2 heterocycles. The highest BCUT2D eigenvalue weighted by Crippen LogP contribution is 2.13. The van der Waals surface area contributed by atoms with E-state index in [0.717, 1.165) is 6.61 Å². The number of aromatic nitrogens is 2. The summed E-state index contributed by atoms with van der Waals surface area (Å²) in [6.45, 7) is 1.40. The highest BCUT2D eigenvalue weighted by atomic mass is 16.6. The maximum absolute atomic E-state index is 10.2. The van der Waals surface area contributed by atoms with Crippen molar-refractivity contribution in [3.8, 4) is 0 Å². The van der Waals surface area contributed by atoms with E-state index in [1.54, 1.807) is 4.57 Å². The first kappa shape index (κ1) is 7.23. The molecule has 0 saturated carbocycles. The van der Waals surface area contributed by atoms with Crippen molar-refractivity contribution in [3.05, 3.63) is 22.6 Å². The third-order valence-corrected chi connectivity index (χ3v) is 1.62. The predicted octanol–water partition coefficient (Wildman–Crippen LogP) is 0.190. The van der Waals surface area contributed by atoms with Crippen molar-refractivity contribution >= 4 is 5.82 Å². The van der Waals surface area contributed by atoms with Gasteiger partial charge in [0.25, 0.3) is 0 Å². The average Bonchev–Trinajstić information content (AvgIpc) is 2.66. The lowest BCUT2D eigenvalue weighted by atomic mass is 10.5. The van der Waals surface area contributed by atoms with Gasteiger partial charge in [-0.2, -0.15) is 0 Å². The number of rotatable bonds is 3. The Morgan fingerprint density at radius 1 is 1.92 bits per heavy atom. The van der Waals surface area contributed by atoms with Crippen LogP contribution in [-0.2, 0) is 11.3 Å². The lowest BCUT2D eigenvalue weighted by molar-refractivity contribution is -0.389.